The molecular formula is C24H28ClN5O3S. The molecule has 0 aliphatic heterocycles. The molecule has 3 rings (SSSR count). The average molecular weight is 502 g/mol. The van der Waals surface area contributed by atoms with E-state index in [4.69, 9.17) is 16.3 Å². The van der Waals surface area contributed by atoms with Crippen LogP contribution in [0.5, 0.6) is 5.75 Å². The van der Waals surface area contributed by atoms with Crippen molar-refractivity contribution in [3.05, 3.63) is 63.9 Å². The van der Waals surface area contributed by atoms with Crippen LogP contribution in [0, 0.1) is 20.8 Å². The van der Waals surface area contributed by atoms with Crippen LogP contribution in [0.2, 0.25) is 5.02 Å². The van der Waals surface area contributed by atoms with Gasteiger partial charge in [-0.15, -0.1) is 10.2 Å². The van der Waals surface area contributed by atoms with E-state index >= 15 is 0 Å². The topological polar surface area (TPSA) is 98.1 Å². The molecule has 0 atom stereocenters. The molecule has 1 heterocycles. The molecule has 0 unspecified atom stereocenters. The van der Waals surface area contributed by atoms with Gasteiger partial charge in [-0.1, -0.05) is 47.6 Å². The first-order chi connectivity index (χ1) is 16.3. The predicted molar refractivity (Wildman–Crippen MR) is 134 cm³/mol. The maximum atomic E-state index is 12.4. The van der Waals surface area contributed by atoms with Crippen LogP contribution in [0.25, 0.3) is 0 Å². The zero-order chi connectivity index (χ0) is 24.7. The number of thioether (sulfide) groups is 1. The van der Waals surface area contributed by atoms with Crippen LogP contribution in [-0.2, 0) is 22.7 Å². The van der Waals surface area contributed by atoms with Gasteiger partial charge in [0.05, 0.1) is 12.3 Å². The summed E-state index contributed by atoms with van der Waals surface area (Å²) in [6.45, 7) is 8.43. The summed E-state index contributed by atoms with van der Waals surface area (Å²) in [4.78, 5) is 24.7. The smallest absolute Gasteiger partial charge is 0.258 e. The summed E-state index contributed by atoms with van der Waals surface area (Å²) in [5.74, 6) is 1.08. The van der Waals surface area contributed by atoms with Crippen molar-refractivity contribution in [3.8, 4) is 5.75 Å². The van der Waals surface area contributed by atoms with Crippen LogP contribution in [0.3, 0.4) is 0 Å². The van der Waals surface area contributed by atoms with E-state index in [0.29, 0.717) is 28.2 Å². The van der Waals surface area contributed by atoms with Gasteiger partial charge in [0.25, 0.3) is 5.91 Å². The number of aryl methyl sites for hydroxylation is 2. The second-order valence-corrected chi connectivity index (χ2v) is 9.03. The van der Waals surface area contributed by atoms with Crippen molar-refractivity contribution < 1.29 is 14.3 Å². The number of aromatic nitrogens is 3. The number of carbonyl (C=O) groups is 2. The third-order valence-corrected chi connectivity index (χ3v) is 6.56. The van der Waals surface area contributed by atoms with Gasteiger partial charge in [0.2, 0.25) is 5.91 Å². The van der Waals surface area contributed by atoms with Crippen molar-refractivity contribution in [2.75, 3.05) is 17.7 Å². The molecule has 2 aromatic carbocycles. The highest BCUT2D eigenvalue weighted by Gasteiger charge is 2.15. The van der Waals surface area contributed by atoms with Gasteiger partial charge in [-0.3, -0.25) is 9.59 Å². The number of amides is 2. The van der Waals surface area contributed by atoms with E-state index in [2.05, 4.69) is 20.8 Å². The van der Waals surface area contributed by atoms with Crippen molar-refractivity contribution in [1.29, 1.82) is 0 Å². The molecule has 2 amide bonds. The lowest BCUT2D eigenvalue weighted by atomic mass is 10.1. The highest BCUT2D eigenvalue weighted by atomic mass is 35.5. The quantitative estimate of drug-likeness (QED) is 0.402. The van der Waals surface area contributed by atoms with Gasteiger partial charge < -0.3 is 19.9 Å². The second kappa shape index (κ2) is 11.9. The molecule has 34 heavy (non-hydrogen) atoms. The SMILES string of the molecule is CCn1c(CNC(=O)COc2c(C)cccc2C)nnc1SCC(=O)Nc1cccc(Cl)c1C. The fourth-order valence-electron chi connectivity index (χ4n) is 3.33. The van der Waals surface area contributed by atoms with E-state index in [1.807, 2.05) is 56.5 Å². The summed E-state index contributed by atoms with van der Waals surface area (Å²) in [6, 6.07) is 11.2. The molecule has 0 bridgehead atoms. The predicted octanol–water partition coefficient (Wildman–Crippen LogP) is 4.30. The molecule has 0 aliphatic carbocycles. The lowest BCUT2D eigenvalue weighted by molar-refractivity contribution is -0.123. The molecule has 0 aliphatic rings. The van der Waals surface area contributed by atoms with Gasteiger partial charge in [-0.2, -0.15) is 0 Å². The number of hydrogen-bond acceptors (Lipinski definition) is 6. The van der Waals surface area contributed by atoms with E-state index < -0.39 is 0 Å². The molecule has 10 heteroatoms. The molecular weight excluding hydrogens is 474 g/mol. The van der Waals surface area contributed by atoms with Crippen molar-refractivity contribution in [1.82, 2.24) is 20.1 Å². The summed E-state index contributed by atoms with van der Waals surface area (Å²) in [7, 11) is 0. The van der Waals surface area contributed by atoms with Gasteiger partial charge in [-0.05, 0) is 56.5 Å². The molecule has 0 radical (unpaired) electrons. The fourth-order valence-corrected chi connectivity index (χ4v) is 4.32. The molecule has 180 valence electrons. The Hall–Kier alpha value is -3.04. The summed E-state index contributed by atoms with van der Waals surface area (Å²) in [5.41, 5.74) is 3.46. The number of ether oxygens (including phenoxy) is 1. The zero-order valence-corrected chi connectivity index (χ0v) is 21.2. The average Bonchev–Trinajstić information content (AvgIpc) is 3.21. The maximum Gasteiger partial charge on any atom is 0.258 e. The second-order valence-electron chi connectivity index (χ2n) is 7.68. The van der Waals surface area contributed by atoms with Gasteiger partial charge >= 0.3 is 0 Å². The minimum Gasteiger partial charge on any atom is -0.483 e. The maximum absolute atomic E-state index is 12.4. The van der Waals surface area contributed by atoms with Crippen molar-refractivity contribution >= 4 is 40.9 Å². The number of hydrogen-bond donors (Lipinski definition) is 2. The number of carbonyl (C=O) groups excluding carboxylic acids is 2. The van der Waals surface area contributed by atoms with Crippen LogP contribution < -0.4 is 15.4 Å². The van der Waals surface area contributed by atoms with E-state index in [-0.39, 0.29) is 30.7 Å². The van der Waals surface area contributed by atoms with E-state index in [1.165, 1.54) is 11.8 Å². The highest BCUT2D eigenvalue weighted by molar-refractivity contribution is 7.99. The Balaban J connectivity index is 1.52. The molecule has 3 aromatic rings. The van der Waals surface area contributed by atoms with Gasteiger partial charge in [0.1, 0.15) is 5.75 Å². The number of benzene rings is 2. The summed E-state index contributed by atoms with van der Waals surface area (Å²) >= 11 is 7.40. The summed E-state index contributed by atoms with van der Waals surface area (Å²) in [5, 5.41) is 15.3. The Morgan fingerprint density at radius 1 is 1.06 bits per heavy atom. The lowest BCUT2D eigenvalue weighted by Gasteiger charge is -2.12. The van der Waals surface area contributed by atoms with Gasteiger partial charge in [0, 0.05) is 17.3 Å². The number of halogens is 1. The van der Waals surface area contributed by atoms with Crippen LogP contribution in [0.15, 0.2) is 41.6 Å². The molecule has 2 N–H and O–H groups in total. The molecule has 0 saturated heterocycles. The fraction of sp³-hybridized carbons (Fsp3) is 0.333. The number of rotatable bonds is 10. The largest absolute Gasteiger partial charge is 0.483 e. The van der Waals surface area contributed by atoms with Gasteiger partial charge in [-0.25, -0.2) is 0 Å². The Bertz CT molecular complexity index is 1160. The van der Waals surface area contributed by atoms with Crippen molar-refractivity contribution in [2.24, 2.45) is 0 Å². The third kappa shape index (κ3) is 6.51. The van der Waals surface area contributed by atoms with E-state index in [9.17, 15) is 9.59 Å². The number of nitrogens with zero attached hydrogens (tertiary/aromatic N) is 3. The monoisotopic (exact) mass is 501 g/mol. The Kier molecular flexibility index (Phi) is 8.95. The highest BCUT2D eigenvalue weighted by Crippen LogP contribution is 2.24. The molecule has 0 fully saturated rings. The Morgan fingerprint density at radius 3 is 2.47 bits per heavy atom. The Labute approximate surface area is 208 Å². The van der Waals surface area contributed by atoms with E-state index in [0.717, 1.165) is 22.4 Å². The van der Waals surface area contributed by atoms with Crippen LogP contribution >= 0.6 is 23.4 Å². The standard InChI is InChI=1S/C24H28ClN5O3S/c1-5-30-20(12-26-21(31)13-33-23-15(2)8-6-9-16(23)3)28-29-24(30)34-14-22(32)27-19-11-7-10-18(25)17(19)4/h6-11H,5,12-14H2,1-4H3,(H,26,31)(H,27,32). The first-order valence-electron chi connectivity index (χ1n) is 10.9. The zero-order valence-electron chi connectivity index (χ0n) is 19.6. The first-order valence-corrected chi connectivity index (χ1v) is 12.2. The Morgan fingerprint density at radius 2 is 1.76 bits per heavy atom. The molecule has 0 saturated carbocycles. The van der Waals surface area contributed by atoms with E-state index in [1.54, 1.807) is 12.1 Å². The first kappa shape index (κ1) is 25.6. The van der Waals surface area contributed by atoms with Gasteiger partial charge in [0.15, 0.2) is 17.6 Å². The number of para-hydroxylation sites is 1. The summed E-state index contributed by atoms with van der Waals surface area (Å²) in [6.07, 6.45) is 0. The number of nitrogens with one attached hydrogen (secondary N) is 2. The molecule has 1 aromatic heterocycles. The normalized spacial score (nSPS) is 10.7. The third-order valence-electron chi connectivity index (χ3n) is 5.18. The minimum absolute atomic E-state index is 0.0867. The number of anilines is 1. The molecule has 0 spiro atoms. The summed E-state index contributed by atoms with van der Waals surface area (Å²) < 4.78 is 7.57. The molecule has 8 nitrogen and oxygen atoms in total. The van der Waals surface area contributed by atoms with Crippen LogP contribution in [-0.4, -0.2) is 38.9 Å². The minimum atomic E-state index is -0.251. The van der Waals surface area contributed by atoms with Crippen molar-refractivity contribution in [3.63, 3.8) is 0 Å². The van der Waals surface area contributed by atoms with Crippen LogP contribution in [0.1, 0.15) is 29.4 Å². The van der Waals surface area contributed by atoms with Crippen LogP contribution in [0.4, 0.5) is 5.69 Å². The lowest BCUT2D eigenvalue weighted by Crippen LogP contribution is -2.29. The van der Waals surface area contributed by atoms with Crippen molar-refractivity contribution in [2.45, 2.75) is 45.9 Å².